The Balaban J connectivity index is 1.69. The van der Waals surface area contributed by atoms with Crippen molar-refractivity contribution in [2.24, 2.45) is 0 Å². The molecule has 31 heavy (non-hydrogen) atoms. The van der Waals surface area contributed by atoms with Crippen molar-refractivity contribution >= 4 is 17.7 Å². The molecule has 0 aliphatic carbocycles. The van der Waals surface area contributed by atoms with E-state index in [-0.39, 0.29) is 23.7 Å². The third kappa shape index (κ3) is 5.67. The molecule has 3 rings (SSSR count). The van der Waals surface area contributed by atoms with Crippen LogP contribution in [0.25, 0.3) is 11.4 Å². The molecule has 1 heterocycles. The highest BCUT2D eigenvalue weighted by atomic mass is 32.2. The molecule has 1 N–H and O–H groups in total. The molecular weight excluding hydrogens is 408 g/mol. The molecule has 1 aromatic heterocycles. The Morgan fingerprint density at radius 1 is 1.10 bits per heavy atom. The molecule has 0 fully saturated rings. The number of carbonyl (C=O) groups is 1. The first-order valence-corrected chi connectivity index (χ1v) is 11.5. The van der Waals surface area contributed by atoms with Gasteiger partial charge < -0.3 is 10.1 Å². The quantitative estimate of drug-likeness (QED) is 0.465. The normalized spacial score (nSPS) is 12.1. The van der Waals surface area contributed by atoms with E-state index in [1.54, 1.807) is 7.11 Å². The minimum atomic E-state index is -0.0123. The largest absolute Gasteiger partial charge is 0.497 e. The van der Waals surface area contributed by atoms with E-state index in [0.717, 1.165) is 34.3 Å². The number of methoxy groups -OCH3 is 1. The molecule has 0 saturated carbocycles. The van der Waals surface area contributed by atoms with Gasteiger partial charge in [-0.1, -0.05) is 48.5 Å². The monoisotopic (exact) mass is 438 g/mol. The Labute approximate surface area is 188 Å². The highest BCUT2D eigenvalue weighted by Crippen LogP contribution is 2.29. The number of hydrogen-bond donors (Lipinski definition) is 1. The highest BCUT2D eigenvalue weighted by molar-refractivity contribution is 7.99. The molecule has 3 aromatic rings. The van der Waals surface area contributed by atoms with Crippen molar-refractivity contribution in [2.45, 2.75) is 51.4 Å². The lowest BCUT2D eigenvalue weighted by Crippen LogP contribution is -2.29. The lowest BCUT2D eigenvalue weighted by Gasteiger charge is -2.18. The minimum absolute atomic E-state index is 0.00605. The van der Waals surface area contributed by atoms with Gasteiger partial charge in [-0.05, 0) is 57.0 Å². The van der Waals surface area contributed by atoms with Crippen molar-refractivity contribution in [1.82, 2.24) is 20.1 Å². The molecule has 6 nitrogen and oxygen atoms in total. The smallest absolute Gasteiger partial charge is 0.230 e. The van der Waals surface area contributed by atoms with Gasteiger partial charge in [0.05, 0.1) is 18.9 Å². The first-order chi connectivity index (χ1) is 14.9. The maximum absolute atomic E-state index is 12.7. The number of ether oxygens (including phenoxy) is 1. The van der Waals surface area contributed by atoms with Crippen LogP contribution in [0.4, 0.5) is 0 Å². The summed E-state index contributed by atoms with van der Waals surface area (Å²) in [5, 5.41) is 12.6. The molecule has 0 radical (unpaired) electrons. The second-order valence-electron chi connectivity index (χ2n) is 7.73. The van der Waals surface area contributed by atoms with Gasteiger partial charge in [0, 0.05) is 11.6 Å². The zero-order valence-corrected chi connectivity index (χ0v) is 19.6. The number of hydrogen-bond acceptors (Lipinski definition) is 5. The Kier molecular flexibility index (Phi) is 7.74. The number of aromatic nitrogens is 3. The van der Waals surface area contributed by atoms with Crippen LogP contribution in [0.15, 0.2) is 53.7 Å². The average Bonchev–Trinajstić information content (AvgIpc) is 3.21. The van der Waals surface area contributed by atoms with Crippen LogP contribution in [0, 0.1) is 6.92 Å². The molecule has 164 valence electrons. The van der Waals surface area contributed by atoms with Crippen LogP contribution in [0.3, 0.4) is 0 Å². The summed E-state index contributed by atoms with van der Waals surface area (Å²) in [6, 6.07) is 16.2. The van der Waals surface area contributed by atoms with Crippen molar-refractivity contribution in [3.63, 3.8) is 0 Å². The summed E-state index contributed by atoms with van der Waals surface area (Å²) in [7, 11) is 1.65. The standard InChI is InChI=1S/C24H30N4O2S/c1-6-21(18-9-7-17(4)8-10-18)25-22(29)15-31-24-27-26-23(28(24)16(2)3)19-11-13-20(30-5)14-12-19/h7-14,16,21H,6,15H2,1-5H3,(H,25,29)/t21-/m0/s1. The number of nitrogens with one attached hydrogen (secondary N) is 1. The van der Waals surface area contributed by atoms with E-state index in [1.165, 1.54) is 17.3 Å². The molecule has 1 atom stereocenters. The van der Waals surface area contributed by atoms with E-state index in [0.29, 0.717) is 0 Å². The maximum Gasteiger partial charge on any atom is 0.230 e. The Morgan fingerprint density at radius 2 is 1.77 bits per heavy atom. The SMILES string of the molecule is CC[C@H](NC(=O)CSc1nnc(-c2ccc(OC)cc2)n1C(C)C)c1ccc(C)cc1. The molecule has 1 amide bonds. The minimum Gasteiger partial charge on any atom is -0.497 e. The van der Waals surface area contributed by atoms with Crippen LogP contribution in [-0.4, -0.2) is 33.5 Å². The summed E-state index contributed by atoms with van der Waals surface area (Å²) in [5.41, 5.74) is 3.29. The van der Waals surface area contributed by atoms with Gasteiger partial charge in [-0.3, -0.25) is 9.36 Å². The summed E-state index contributed by atoms with van der Waals surface area (Å²) in [4.78, 5) is 12.7. The van der Waals surface area contributed by atoms with Gasteiger partial charge in [0.25, 0.3) is 0 Å². The zero-order valence-electron chi connectivity index (χ0n) is 18.8. The van der Waals surface area contributed by atoms with E-state index in [1.807, 2.05) is 24.3 Å². The third-order valence-electron chi connectivity index (χ3n) is 5.08. The van der Waals surface area contributed by atoms with Crippen molar-refractivity contribution < 1.29 is 9.53 Å². The number of aryl methyl sites for hydroxylation is 1. The van der Waals surface area contributed by atoms with Gasteiger partial charge >= 0.3 is 0 Å². The summed E-state index contributed by atoms with van der Waals surface area (Å²) in [6.45, 7) is 8.32. The highest BCUT2D eigenvalue weighted by Gasteiger charge is 2.19. The Hall–Kier alpha value is -2.80. The van der Waals surface area contributed by atoms with E-state index >= 15 is 0 Å². The summed E-state index contributed by atoms with van der Waals surface area (Å²) < 4.78 is 7.31. The first kappa shape index (κ1) is 22.9. The zero-order chi connectivity index (χ0) is 22.4. The maximum atomic E-state index is 12.7. The predicted molar refractivity (Wildman–Crippen MR) is 125 cm³/mol. The number of amides is 1. The number of rotatable bonds is 9. The molecule has 7 heteroatoms. The number of nitrogens with zero attached hydrogens (tertiary/aromatic N) is 3. The molecular formula is C24H30N4O2S. The molecule has 0 spiro atoms. The van der Waals surface area contributed by atoms with Gasteiger partial charge in [-0.2, -0.15) is 0 Å². The third-order valence-corrected chi connectivity index (χ3v) is 6.03. The number of benzene rings is 2. The fourth-order valence-electron chi connectivity index (χ4n) is 3.36. The van der Waals surface area contributed by atoms with Crippen molar-refractivity contribution in [2.75, 3.05) is 12.9 Å². The molecule has 0 unspecified atom stereocenters. The van der Waals surface area contributed by atoms with Gasteiger partial charge in [-0.15, -0.1) is 10.2 Å². The number of carbonyl (C=O) groups excluding carboxylic acids is 1. The van der Waals surface area contributed by atoms with Crippen molar-refractivity contribution in [1.29, 1.82) is 0 Å². The summed E-state index contributed by atoms with van der Waals surface area (Å²) in [5.74, 6) is 1.86. The van der Waals surface area contributed by atoms with Crippen LogP contribution in [0.5, 0.6) is 5.75 Å². The van der Waals surface area contributed by atoms with E-state index < -0.39 is 0 Å². The van der Waals surface area contributed by atoms with E-state index in [2.05, 4.69) is 72.0 Å². The molecule has 0 bridgehead atoms. The molecule has 2 aromatic carbocycles. The Morgan fingerprint density at radius 3 is 2.35 bits per heavy atom. The van der Waals surface area contributed by atoms with E-state index in [9.17, 15) is 4.79 Å². The molecule has 0 aliphatic heterocycles. The first-order valence-electron chi connectivity index (χ1n) is 10.5. The van der Waals surface area contributed by atoms with Crippen LogP contribution in [-0.2, 0) is 4.79 Å². The van der Waals surface area contributed by atoms with Gasteiger partial charge in [0.1, 0.15) is 5.75 Å². The van der Waals surface area contributed by atoms with Gasteiger partial charge in [-0.25, -0.2) is 0 Å². The van der Waals surface area contributed by atoms with Crippen LogP contribution < -0.4 is 10.1 Å². The lowest BCUT2D eigenvalue weighted by atomic mass is 10.0. The van der Waals surface area contributed by atoms with Crippen molar-refractivity contribution in [3.8, 4) is 17.1 Å². The fraction of sp³-hybridized carbons (Fsp3) is 0.375. The topological polar surface area (TPSA) is 69.0 Å². The summed E-state index contributed by atoms with van der Waals surface area (Å²) >= 11 is 1.41. The number of thioether (sulfide) groups is 1. The van der Waals surface area contributed by atoms with Crippen LogP contribution in [0.1, 0.15) is 50.4 Å². The summed E-state index contributed by atoms with van der Waals surface area (Å²) in [6.07, 6.45) is 0.837. The van der Waals surface area contributed by atoms with Crippen molar-refractivity contribution in [3.05, 3.63) is 59.7 Å². The Bertz CT molecular complexity index is 997. The second kappa shape index (κ2) is 10.5. The van der Waals surface area contributed by atoms with Crippen LogP contribution in [0.2, 0.25) is 0 Å². The van der Waals surface area contributed by atoms with Crippen LogP contribution >= 0.6 is 11.8 Å². The van der Waals surface area contributed by atoms with Gasteiger partial charge in [0.15, 0.2) is 11.0 Å². The molecule has 0 saturated heterocycles. The van der Waals surface area contributed by atoms with E-state index in [4.69, 9.17) is 4.74 Å². The predicted octanol–water partition coefficient (Wildman–Crippen LogP) is 5.20. The lowest BCUT2D eigenvalue weighted by molar-refractivity contribution is -0.119. The second-order valence-corrected chi connectivity index (χ2v) is 8.67. The van der Waals surface area contributed by atoms with Gasteiger partial charge in [0.2, 0.25) is 5.91 Å². The fourth-order valence-corrected chi connectivity index (χ4v) is 4.24. The average molecular weight is 439 g/mol. The molecule has 0 aliphatic rings.